The lowest BCUT2D eigenvalue weighted by Gasteiger charge is -2.18. The highest BCUT2D eigenvalue weighted by Crippen LogP contribution is 2.17. The fourth-order valence-electron chi connectivity index (χ4n) is 9.96. The second-order valence-electron chi connectivity index (χ2n) is 23.0. The van der Waals surface area contributed by atoms with Gasteiger partial charge in [0.2, 0.25) is 0 Å². The van der Waals surface area contributed by atoms with Crippen LogP contribution in [-0.2, 0) is 28.6 Å². The van der Waals surface area contributed by atoms with Gasteiger partial charge >= 0.3 is 17.9 Å². The van der Waals surface area contributed by atoms with E-state index < -0.39 is 6.10 Å². The molecule has 0 aromatic heterocycles. The maximum atomic E-state index is 13.0. The number of hydrogen-bond acceptors (Lipinski definition) is 6. The fraction of sp³-hybridized carbons (Fsp3) is 0.747. The molecule has 0 N–H and O–H groups in total. The van der Waals surface area contributed by atoms with E-state index in [4.69, 9.17) is 14.2 Å². The molecule has 0 aromatic rings. The van der Waals surface area contributed by atoms with Crippen molar-refractivity contribution in [3.05, 3.63) is 97.2 Å². The van der Waals surface area contributed by atoms with Crippen molar-refractivity contribution in [1.29, 1.82) is 0 Å². The standard InChI is InChI=1S/C75H130O6/c1-4-7-10-13-16-19-22-25-27-29-31-33-35-37-39-41-43-45-47-50-53-56-59-62-65-68-74(77)80-71-72(70-79-73(76)67-64-61-58-55-52-49-24-21-18-15-12-9-6-3)81-75(78)69-66-63-60-57-54-51-48-46-44-42-40-38-36-34-32-30-28-26-23-20-17-14-11-8-5-2/h7-8,10-11,16-17,19-20,25-28,31-34,72H,4-6,9,12-15,18,21-24,29-30,35-71H2,1-3H3/b10-7-,11-8-,19-16-,20-17-,27-25-,28-26-,33-31-,34-32-. The molecule has 466 valence electrons. The molecular formula is C75H130O6. The number of unbranched alkanes of at least 4 members (excludes halogenated alkanes) is 36. The van der Waals surface area contributed by atoms with Crippen molar-refractivity contribution in [2.75, 3.05) is 13.2 Å². The Balaban J connectivity index is 4.28. The Morgan fingerprint density at radius 2 is 0.481 bits per heavy atom. The molecule has 0 bridgehead atoms. The molecule has 0 heterocycles. The van der Waals surface area contributed by atoms with Gasteiger partial charge in [-0.1, -0.05) is 323 Å². The van der Waals surface area contributed by atoms with Gasteiger partial charge in [0, 0.05) is 19.3 Å². The first kappa shape index (κ1) is 77.3. The summed E-state index contributed by atoms with van der Waals surface area (Å²) in [6, 6.07) is 0. The lowest BCUT2D eigenvalue weighted by atomic mass is 10.0. The molecule has 0 aromatic carbocycles. The molecular weight excluding hydrogens is 997 g/mol. The van der Waals surface area contributed by atoms with Gasteiger partial charge in [-0.25, -0.2) is 0 Å². The molecule has 0 aliphatic rings. The second-order valence-corrected chi connectivity index (χ2v) is 23.0. The Morgan fingerprint density at radius 3 is 0.753 bits per heavy atom. The smallest absolute Gasteiger partial charge is 0.306 e. The predicted octanol–water partition coefficient (Wildman–Crippen LogP) is 24.0. The maximum Gasteiger partial charge on any atom is 0.306 e. The van der Waals surface area contributed by atoms with Crippen molar-refractivity contribution in [2.45, 2.75) is 348 Å². The number of carbonyl (C=O) groups is 3. The Labute approximate surface area is 502 Å². The van der Waals surface area contributed by atoms with E-state index in [-0.39, 0.29) is 31.1 Å². The minimum atomic E-state index is -0.779. The lowest BCUT2D eigenvalue weighted by molar-refractivity contribution is -0.167. The van der Waals surface area contributed by atoms with Gasteiger partial charge < -0.3 is 14.2 Å². The quantitative estimate of drug-likeness (QED) is 0.0261. The molecule has 0 saturated heterocycles. The van der Waals surface area contributed by atoms with Crippen LogP contribution in [0.1, 0.15) is 342 Å². The third-order valence-electron chi connectivity index (χ3n) is 15.1. The topological polar surface area (TPSA) is 78.9 Å². The summed E-state index contributed by atoms with van der Waals surface area (Å²) in [5.74, 6) is -0.861. The van der Waals surface area contributed by atoms with Crippen LogP contribution in [0.5, 0.6) is 0 Å². The molecule has 81 heavy (non-hydrogen) atoms. The highest BCUT2D eigenvalue weighted by atomic mass is 16.6. The first-order valence-corrected chi connectivity index (χ1v) is 34.7. The van der Waals surface area contributed by atoms with Crippen molar-refractivity contribution < 1.29 is 28.6 Å². The summed E-state index contributed by atoms with van der Waals surface area (Å²) in [7, 11) is 0. The van der Waals surface area contributed by atoms with Gasteiger partial charge in [-0.15, -0.1) is 0 Å². The van der Waals surface area contributed by atoms with Gasteiger partial charge in [0.25, 0.3) is 0 Å². The maximum absolute atomic E-state index is 13.0. The number of hydrogen-bond donors (Lipinski definition) is 0. The molecule has 1 atom stereocenters. The lowest BCUT2D eigenvalue weighted by Crippen LogP contribution is -2.30. The van der Waals surface area contributed by atoms with Gasteiger partial charge in [0.05, 0.1) is 0 Å². The number of esters is 3. The van der Waals surface area contributed by atoms with Gasteiger partial charge in [-0.2, -0.15) is 0 Å². The average molecular weight is 1130 g/mol. The Kier molecular flexibility index (Phi) is 65.7. The van der Waals surface area contributed by atoms with Crippen LogP contribution in [0.4, 0.5) is 0 Å². The molecule has 6 nitrogen and oxygen atoms in total. The average Bonchev–Trinajstić information content (AvgIpc) is 3.46. The fourth-order valence-corrected chi connectivity index (χ4v) is 9.96. The Hall–Kier alpha value is -3.67. The predicted molar refractivity (Wildman–Crippen MR) is 353 cm³/mol. The second kappa shape index (κ2) is 68.8. The van der Waals surface area contributed by atoms with E-state index in [0.29, 0.717) is 19.3 Å². The Morgan fingerprint density at radius 1 is 0.259 bits per heavy atom. The summed E-state index contributed by atoms with van der Waals surface area (Å²) >= 11 is 0. The van der Waals surface area contributed by atoms with Crippen LogP contribution >= 0.6 is 0 Å². The first-order valence-electron chi connectivity index (χ1n) is 34.7. The van der Waals surface area contributed by atoms with Crippen LogP contribution in [-0.4, -0.2) is 37.2 Å². The molecule has 0 aliphatic carbocycles. The van der Waals surface area contributed by atoms with E-state index >= 15 is 0 Å². The Bertz CT molecular complexity index is 1580. The summed E-state index contributed by atoms with van der Waals surface area (Å²) in [5, 5.41) is 0. The molecule has 0 radical (unpaired) electrons. The summed E-state index contributed by atoms with van der Waals surface area (Å²) in [4.78, 5) is 38.4. The molecule has 0 saturated carbocycles. The number of ether oxygens (including phenoxy) is 3. The molecule has 0 aliphatic heterocycles. The zero-order chi connectivity index (χ0) is 58.5. The van der Waals surface area contributed by atoms with Crippen LogP contribution in [0, 0.1) is 0 Å². The van der Waals surface area contributed by atoms with E-state index in [1.807, 2.05) is 0 Å². The number of carbonyl (C=O) groups excluding carboxylic acids is 3. The van der Waals surface area contributed by atoms with Crippen molar-refractivity contribution in [3.8, 4) is 0 Å². The molecule has 0 spiro atoms. The third kappa shape index (κ3) is 67.0. The summed E-state index contributed by atoms with van der Waals surface area (Å²) in [6.45, 7) is 6.46. The number of rotatable bonds is 63. The van der Waals surface area contributed by atoms with E-state index in [0.717, 1.165) is 109 Å². The van der Waals surface area contributed by atoms with Crippen molar-refractivity contribution in [2.24, 2.45) is 0 Å². The summed E-state index contributed by atoms with van der Waals surface area (Å²) in [5.41, 5.74) is 0. The normalized spacial score (nSPS) is 12.7. The highest BCUT2D eigenvalue weighted by molar-refractivity contribution is 5.71. The minimum absolute atomic E-state index is 0.0744. The van der Waals surface area contributed by atoms with Crippen LogP contribution in [0.15, 0.2) is 97.2 Å². The van der Waals surface area contributed by atoms with Gasteiger partial charge in [0.15, 0.2) is 6.10 Å². The van der Waals surface area contributed by atoms with Crippen LogP contribution in [0.25, 0.3) is 0 Å². The SMILES string of the molecule is CC/C=C\C/C=C\C/C=C\C/C=C\CCCCCCCCCCCCCCC(=O)OCC(COC(=O)CCCCCCCCCCCCCCC)OC(=O)CCCCCCCCCCCCCC/C=C\C/C=C\C/C=C\C/C=C\CC. The minimum Gasteiger partial charge on any atom is -0.462 e. The molecule has 0 amide bonds. The third-order valence-corrected chi connectivity index (χ3v) is 15.1. The zero-order valence-corrected chi connectivity index (χ0v) is 53.5. The highest BCUT2D eigenvalue weighted by Gasteiger charge is 2.19. The van der Waals surface area contributed by atoms with Crippen molar-refractivity contribution in [3.63, 3.8) is 0 Å². The van der Waals surface area contributed by atoms with E-state index in [1.165, 1.54) is 193 Å². The van der Waals surface area contributed by atoms with Crippen LogP contribution < -0.4 is 0 Å². The molecule has 0 fully saturated rings. The van der Waals surface area contributed by atoms with Gasteiger partial charge in [-0.3, -0.25) is 14.4 Å². The van der Waals surface area contributed by atoms with Crippen molar-refractivity contribution in [1.82, 2.24) is 0 Å². The molecule has 0 rings (SSSR count). The summed E-state index contributed by atoms with van der Waals surface area (Å²) < 4.78 is 17.0. The number of allylic oxidation sites excluding steroid dienone is 16. The van der Waals surface area contributed by atoms with E-state index in [9.17, 15) is 14.4 Å². The molecule has 6 heteroatoms. The summed E-state index contributed by atoms with van der Waals surface area (Å²) in [6.07, 6.45) is 92.8. The van der Waals surface area contributed by atoms with Crippen LogP contribution in [0.3, 0.4) is 0 Å². The van der Waals surface area contributed by atoms with E-state index in [2.05, 4.69) is 118 Å². The monoisotopic (exact) mass is 1130 g/mol. The van der Waals surface area contributed by atoms with Gasteiger partial charge in [0.1, 0.15) is 13.2 Å². The molecule has 1 unspecified atom stereocenters. The van der Waals surface area contributed by atoms with Crippen molar-refractivity contribution >= 4 is 17.9 Å². The van der Waals surface area contributed by atoms with E-state index in [1.54, 1.807) is 0 Å². The first-order chi connectivity index (χ1) is 40.0. The van der Waals surface area contributed by atoms with Crippen LogP contribution in [0.2, 0.25) is 0 Å². The largest absolute Gasteiger partial charge is 0.462 e. The zero-order valence-electron chi connectivity index (χ0n) is 53.5. The van der Waals surface area contributed by atoms with Gasteiger partial charge in [-0.05, 0) is 96.3 Å².